The summed E-state index contributed by atoms with van der Waals surface area (Å²) in [5, 5.41) is 3.82. The molecule has 1 aromatic carbocycles. The van der Waals surface area contributed by atoms with E-state index in [1.54, 1.807) is 5.56 Å². The fraction of sp³-hybridized carbons (Fsp3) is 0.625. The number of rotatable bonds is 3. The summed E-state index contributed by atoms with van der Waals surface area (Å²) < 4.78 is 0. The van der Waals surface area contributed by atoms with Gasteiger partial charge in [0.05, 0.1) is 0 Å². The molecule has 0 amide bonds. The summed E-state index contributed by atoms with van der Waals surface area (Å²) in [6.45, 7) is 4.72. The Morgan fingerprint density at radius 3 is 2.61 bits per heavy atom. The summed E-state index contributed by atoms with van der Waals surface area (Å²) in [4.78, 5) is 2.43. The number of benzene rings is 1. The molecule has 1 N–H and O–H groups in total. The van der Waals surface area contributed by atoms with Gasteiger partial charge in [0, 0.05) is 18.6 Å². The van der Waals surface area contributed by atoms with E-state index in [2.05, 4.69) is 48.5 Å². The van der Waals surface area contributed by atoms with Crippen LogP contribution in [0.25, 0.3) is 0 Å². The second-order valence-corrected chi connectivity index (χ2v) is 6.14. The molecule has 1 aromatic rings. The molecule has 1 saturated carbocycles. The van der Waals surface area contributed by atoms with Gasteiger partial charge in [-0.05, 0) is 56.8 Å². The highest BCUT2D eigenvalue weighted by atomic mass is 15.2. The van der Waals surface area contributed by atoms with Crippen LogP contribution in [0.3, 0.4) is 0 Å². The first-order chi connectivity index (χ1) is 8.72. The summed E-state index contributed by atoms with van der Waals surface area (Å²) >= 11 is 0. The van der Waals surface area contributed by atoms with Gasteiger partial charge in [0.2, 0.25) is 0 Å². The molecule has 2 fully saturated rings. The first-order valence-electron chi connectivity index (χ1n) is 7.22. The molecule has 1 aliphatic heterocycles. The standard InChI is InChI=1S/C16H24N2/c1-12-5-3-4-6-16(12)13-9-15(10-13)17-14-7-8-18(2)11-14/h3-6,13-15,17H,7-11H2,1-2H3. The Labute approximate surface area is 110 Å². The van der Waals surface area contributed by atoms with Gasteiger partial charge in [-0.3, -0.25) is 0 Å². The highest BCUT2D eigenvalue weighted by Gasteiger charge is 2.33. The van der Waals surface area contributed by atoms with Crippen LogP contribution < -0.4 is 5.32 Å². The minimum absolute atomic E-state index is 0.734. The largest absolute Gasteiger partial charge is 0.310 e. The number of likely N-dealkylation sites (tertiary alicyclic amines) is 1. The third kappa shape index (κ3) is 2.45. The topological polar surface area (TPSA) is 15.3 Å². The molecule has 2 heteroatoms. The maximum atomic E-state index is 3.82. The van der Waals surface area contributed by atoms with E-state index in [1.807, 2.05) is 0 Å². The van der Waals surface area contributed by atoms with E-state index >= 15 is 0 Å². The van der Waals surface area contributed by atoms with Gasteiger partial charge in [-0.15, -0.1) is 0 Å². The maximum Gasteiger partial charge on any atom is 0.0209 e. The van der Waals surface area contributed by atoms with E-state index in [1.165, 1.54) is 37.9 Å². The predicted octanol–water partition coefficient (Wildman–Crippen LogP) is 2.53. The molecule has 1 heterocycles. The van der Waals surface area contributed by atoms with E-state index < -0.39 is 0 Å². The highest BCUT2D eigenvalue weighted by Crippen LogP contribution is 2.38. The van der Waals surface area contributed by atoms with E-state index in [0.29, 0.717) is 0 Å². The van der Waals surface area contributed by atoms with Crippen LogP contribution in [0.2, 0.25) is 0 Å². The number of hydrogen-bond acceptors (Lipinski definition) is 2. The van der Waals surface area contributed by atoms with Gasteiger partial charge in [0.1, 0.15) is 0 Å². The molecule has 1 atom stereocenters. The third-order valence-corrected chi connectivity index (χ3v) is 4.63. The Morgan fingerprint density at radius 2 is 1.94 bits per heavy atom. The number of aryl methyl sites for hydroxylation is 1. The lowest BCUT2D eigenvalue weighted by Crippen LogP contribution is -2.46. The second kappa shape index (κ2) is 5.02. The van der Waals surface area contributed by atoms with E-state index in [0.717, 1.165) is 18.0 Å². The number of likely N-dealkylation sites (N-methyl/N-ethyl adjacent to an activating group) is 1. The zero-order valence-corrected chi connectivity index (χ0v) is 11.5. The molecule has 3 rings (SSSR count). The lowest BCUT2D eigenvalue weighted by atomic mass is 9.74. The van der Waals surface area contributed by atoms with Gasteiger partial charge in [-0.2, -0.15) is 0 Å². The summed E-state index contributed by atoms with van der Waals surface area (Å²) in [5.41, 5.74) is 3.03. The van der Waals surface area contributed by atoms with Crippen molar-refractivity contribution in [3.63, 3.8) is 0 Å². The maximum absolute atomic E-state index is 3.82. The third-order valence-electron chi connectivity index (χ3n) is 4.63. The Hall–Kier alpha value is -0.860. The minimum atomic E-state index is 0.734. The van der Waals surface area contributed by atoms with Crippen molar-refractivity contribution >= 4 is 0 Å². The zero-order chi connectivity index (χ0) is 12.5. The Bertz CT molecular complexity index is 409. The molecular weight excluding hydrogens is 220 g/mol. The minimum Gasteiger partial charge on any atom is -0.310 e. The lowest BCUT2D eigenvalue weighted by molar-refractivity contribution is 0.262. The van der Waals surface area contributed by atoms with Crippen molar-refractivity contribution in [3.8, 4) is 0 Å². The quantitative estimate of drug-likeness (QED) is 0.879. The predicted molar refractivity (Wildman–Crippen MR) is 76.0 cm³/mol. The summed E-state index contributed by atoms with van der Waals surface area (Å²) in [5.74, 6) is 0.794. The molecule has 1 unspecified atom stereocenters. The zero-order valence-electron chi connectivity index (χ0n) is 11.5. The molecule has 18 heavy (non-hydrogen) atoms. The van der Waals surface area contributed by atoms with Crippen LogP contribution in [0.1, 0.15) is 36.3 Å². The highest BCUT2D eigenvalue weighted by molar-refractivity contribution is 5.31. The van der Waals surface area contributed by atoms with Crippen molar-refractivity contribution < 1.29 is 0 Å². The number of nitrogens with zero attached hydrogens (tertiary/aromatic N) is 1. The molecule has 0 aromatic heterocycles. The lowest BCUT2D eigenvalue weighted by Gasteiger charge is -2.38. The molecular formula is C16H24N2. The van der Waals surface area contributed by atoms with Crippen LogP contribution in [0, 0.1) is 6.92 Å². The van der Waals surface area contributed by atoms with Crippen molar-refractivity contribution in [1.82, 2.24) is 10.2 Å². The molecule has 0 spiro atoms. The molecule has 0 bridgehead atoms. The molecule has 1 saturated heterocycles. The fourth-order valence-electron chi connectivity index (χ4n) is 3.46. The summed E-state index contributed by atoms with van der Waals surface area (Å²) in [6, 6.07) is 10.3. The van der Waals surface area contributed by atoms with Crippen LogP contribution in [-0.2, 0) is 0 Å². The molecule has 98 valence electrons. The Balaban J connectivity index is 1.50. The van der Waals surface area contributed by atoms with Gasteiger partial charge in [0.15, 0.2) is 0 Å². The molecule has 1 aliphatic carbocycles. The summed E-state index contributed by atoms with van der Waals surface area (Å²) in [7, 11) is 2.22. The van der Waals surface area contributed by atoms with Crippen LogP contribution in [0.4, 0.5) is 0 Å². The monoisotopic (exact) mass is 244 g/mol. The molecule has 0 radical (unpaired) electrons. The average molecular weight is 244 g/mol. The van der Waals surface area contributed by atoms with Crippen molar-refractivity contribution in [2.45, 2.75) is 44.2 Å². The Kier molecular flexibility index (Phi) is 3.40. The van der Waals surface area contributed by atoms with Crippen molar-refractivity contribution in [1.29, 1.82) is 0 Å². The van der Waals surface area contributed by atoms with Crippen LogP contribution >= 0.6 is 0 Å². The van der Waals surface area contributed by atoms with Crippen molar-refractivity contribution in [3.05, 3.63) is 35.4 Å². The van der Waals surface area contributed by atoms with Crippen LogP contribution in [-0.4, -0.2) is 37.1 Å². The fourth-order valence-corrected chi connectivity index (χ4v) is 3.46. The number of nitrogens with one attached hydrogen (secondary N) is 1. The van der Waals surface area contributed by atoms with Gasteiger partial charge in [-0.1, -0.05) is 24.3 Å². The average Bonchev–Trinajstić information content (AvgIpc) is 2.70. The molecule has 2 aliphatic rings. The van der Waals surface area contributed by atoms with Gasteiger partial charge >= 0.3 is 0 Å². The number of hydrogen-bond donors (Lipinski definition) is 1. The Morgan fingerprint density at radius 1 is 1.17 bits per heavy atom. The van der Waals surface area contributed by atoms with Crippen molar-refractivity contribution in [2.75, 3.05) is 20.1 Å². The summed E-state index contributed by atoms with van der Waals surface area (Å²) in [6.07, 6.45) is 3.97. The van der Waals surface area contributed by atoms with Gasteiger partial charge < -0.3 is 10.2 Å². The normalized spacial score (nSPS) is 32.4. The smallest absolute Gasteiger partial charge is 0.0209 e. The van der Waals surface area contributed by atoms with E-state index in [-0.39, 0.29) is 0 Å². The van der Waals surface area contributed by atoms with E-state index in [4.69, 9.17) is 0 Å². The second-order valence-electron chi connectivity index (χ2n) is 6.14. The van der Waals surface area contributed by atoms with Gasteiger partial charge in [0.25, 0.3) is 0 Å². The van der Waals surface area contributed by atoms with Crippen LogP contribution in [0.15, 0.2) is 24.3 Å². The van der Waals surface area contributed by atoms with Crippen molar-refractivity contribution in [2.24, 2.45) is 0 Å². The SMILES string of the molecule is Cc1ccccc1C1CC(NC2CCN(C)C2)C1. The van der Waals surface area contributed by atoms with Crippen LogP contribution in [0.5, 0.6) is 0 Å². The first kappa shape index (κ1) is 12.2. The van der Waals surface area contributed by atoms with Gasteiger partial charge in [-0.25, -0.2) is 0 Å². The first-order valence-corrected chi connectivity index (χ1v) is 7.22. The molecule has 2 nitrogen and oxygen atoms in total. The van der Waals surface area contributed by atoms with E-state index in [9.17, 15) is 0 Å².